The van der Waals surface area contributed by atoms with Gasteiger partial charge in [0.25, 0.3) is 0 Å². The summed E-state index contributed by atoms with van der Waals surface area (Å²) in [5.41, 5.74) is 0.400. The van der Waals surface area contributed by atoms with E-state index in [1.807, 2.05) is 0 Å². The van der Waals surface area contributed by atoms with Gasteiger partial charge in [-0.1, -0.05) is 6.42 Å². The Hall–Kier alpha value is 0.210. The average Bonchev–Trinajstić information content (AvgIpc) is 2.89. The summed E-state index contributed by atoms with van der Waals surface area (Å²) in [5, 5.41) is 0. The van der Waals surface area contributed by atoms with Gasteiger partial charge < -0.3 is 9.47 Å². The molecule has 2 saturated carbocycles. The Morgan fingerprint density at radius 1 is 1.25 bits per heavy atom. The molecular weight excluding hydrogens is 224 g/mol. The minimum absolute atomic E-state index is 0.400. The van der Waals surface area contributed by atoms with Gasteiger partial charge in [-0.3, -0.25) is 0 Å². The molecule has 0 heterocycles. The highest BCUT2D eigenvalue weighted by Crippen LogP contribution is 2.58. The topological polar surface area (TPSA) is 18.5 Å². The highest BCUT2D eigenvalue weighted by atomic mass is 35.5. The van der Waals surface area contributed by atoms with Crippen LogP contribution in [0.25, 0.3) is 0 Å². The average molecular weight is 247 g/mol. The zero-order chi connectivity index (χ0) is 11.4. The van der Waals surface area contributed by atoms with Crippen molar-refractivity contribution in [2.24, 2.45) is 17.3 Å². The second-order valence-electron chi connectivity index (χ2n) is 5.43. The molecule has 2 rings (SSSR count). The minimum Gasteiger partial charge on any atom is -0.382 e. The second kappa shape index (κ2) is 5.70. The number of alkyl halides is 1. The standard InChI is InChI=1S/C13H23ClO2/c1-15-6-7-16-5-4-13(10-14)9-11-2-3-12(13)8-11/h11-12H,2-10H2,1H3. The molecule has 3 unspecified atom stereocenters. The number of halogens is 1. The summed E-state index contributed by atoms with van der Waals surface area (Å²) in [6, 6.07) is 0. The van der Waals surface area contributed by atoms with Crippen LogP contribution in [-0.4, -0.2) is 32.8 Å². The number of hydrogen-bond acceptors (Lipinski definition) is 2. The van der Waals surface area contributed by atoms with Gasteiger partial charge >= 0.3 is 0 Å². The van der Waals surface area contributed by atoms with Crippen molar-refractivity contribution in [2.75, 3.05) is 32.8 Å². The largest absolute Gasteiger partial charge is 0.382 e. The Balaban J connectivity index is 1.73. The molecule has 0 aliphatic heterocycles. The lowest BCUT2D eigenvalue weighted by Crippen LogP contribution is -2.31. The summed E-state index contributed by atoms with van der Waals surface area (Å²) in [4.78, 5) is 0. The fourth-order valence-electron chi connectivity index (χ4n) is 3.61. The molecule has 94 valence electrons. The molecule has 2 nitrogen and oxygen atoms in total. The molecule has 0 spiro atoms. The summed E-state index contributed by atoms with van der Waals surface area (Å²) in [6.07, 6.45) is 6.74. The lowest BCUT2D eigenvalue weighted by molar-refractivity contribution is 0.0427. The van der Waals surface area contributed by atoms with Crippen LogP contribution in [0.1, 0.15) is 32.1 Å². The van der Waals surface area contributed by atoms with Crippen LogP contribution in [0.4, 0.5) is 0 Å². The zero-order valence-electron chi connectivity index (χ0n) is 10.2. The van der Waals surface area contributed by atoms with Crippen molar-refractivity contribution in [3.05, 3.63) is 0 Å². The molecule has 2 aliphatic carbocycles. The Morgan fingerprint density at radius 2 is 2.12 bits per heavy atom. The highest BCUT2D eigenvalue weighted by Gasteiger charge is 2.49. The Bertz CT molecular complexity index is 222. The maximum atomic E-state index is 6.22. The highest BCUT2D eigenvalue weighted by molar-refractivity contribution is 6.18. The maximum Gasteiger partial charge on any atom is 0.0700 e. The molecule has 0 saturated heterocycles. The van der Waals surface area contributed by atoms with Crippen LogP contribution in [0.3, 0.4) is 0 Å². The molecule has 16 heavy (non-hydrogen) atoms. The first-order valence-electron chi connectivity index (χ1n) is 6.43. The third-order valence-corrected chi connectivity index (χ3v) is 5.08. The quantitative estimate of drug-likeness (QED) is 0.508. The zero-order valence-corrected chi connectivity index (χ0v) is 11.0. The van der Waals surface area contributed by atoms with E-state index in [1.165, 1.54) is 25.7 Å². The first-order valence-corrected chi connectivity index (χ1v) is 6.97. The number of ether oxygens (including phenoxy) is 2. The van der Waals surface area contributed by atoms with Crippen molar-refractivity contribution in [3.8, 4) is 0 Å². The van der Waals surface area contributed by atoms with Crippen LogP contribution < -0.4 is 0 Å². The monoisotopic (exact) mass is 246 g/mol. The molecule has 2 fully saturated rings. The number of fused-ring (bicyclic) bond motifs is 2. The van der Waals surface area contributed by atoms with E-state index < -0.39 is 0 Å². The normalized spacial score (nSPS) is 37.1. The van der Waals surface area contributed by atoms with Gasteiger partial charge in [-0.25, -0.2) is 0 Å². The van der Waals surface area contributed by atoms with Gasteiger partial charge in [0.05, 0.1) is 13.2 Å². The van der Waals surface area contributed by atoms with Gasteiger partial charge in [-0.2, -0.15) is 0 Å². The summed E-state index contributed by atoms with van der Waals surface area (Å²) >= 11 is 6.22. The number of hydrogen-bond donors (Lipinski definition) is 0. The number of rotatable bonds is 7. The molecule has 0 amide bonds. The van der Waals surface area contributed by atoms with Crippen LogP contribution in [0.2, 0.25) is 0 Å². The van der Waals surface area contributed by atoms with Crippen LogP contribution in [-0.2, 0) is 9.47 Å². The van der Waals surface area contributed by atoms with Gasteiger partial charge in [0, 0.05) is 19.6 Å². The van der Waals surface area contributed by atoms with Gasteiger partial charge in [-0.15, -0.1) is 11.6 Å². The Labute approximate surface area is 104 Å². The number of methoxy groups -OCH3 is 1. The third kappa shape index (κ3) is 2.55. The van der Waals surface area contributed by atoms with Crippen LogP contribution >= 0.6 is 11.6 Å². The predicted molar refractivity (Wildman–Crippen MR) is 65.9 cm³/mol. The van der Waals surface area contributed by atoms with Crippen LogP contribution in [0.15, 0.2) is 0 Å². The lowest BCUT2D eigenvalue weighted by Gasteiger charge is -2.36. The first kappa shape index (κ1) is 12.7. The SMILES string of the molecule is COCCOCCC1(CCl)CC2CCC1C2. The van der Waals surface area contributed by atoms with Gasteiger partial charge in [0.1, 0.15) is 0 Å². The summed E-state index contributed by atoms with van der Waals surface area (Å²) in [6.45, 7) is 2.25. The van der Waals surface area contributed by atoms with Crippen LogP contribution in [0.5, 0.6) is 0 Å². The minimum atomic E-state index is 0.400. The molecule has 0 radical (unpaired) electrons. The maximum absolute atomic E-state index is 6.22. The summed E-state index contributed by atoms with van der Waals surface area (Å²) in [5.74, 6) is 2.66. The summed E-state index contributed by atoms with van der Waals surface area (Å²) < 4.78 is 10.6. The van der Waals surface area contributed by atoms with Crippen LogP contribution in [0, 0.1) is 17.3 Å². The summed E-state index contributed by atoms with van der Waals surface area (Å²) in [7, 11) is 1.71. The van der Waals surface area contributed by atoms with Crippen molar-refractivity contribution in [1.82, 2.24) is 0 Å². The molecule has 0 aromatic heterocycles. The van der Waals surface area contributed by atoms with Gasteiger partial charge in [0.2, 0.25) is 0 Å². The molecule has 3 atom stereocenters. The van der Waals surface area contributed by atoms with E-state index in [-0.39, 0.29) is 0 Å². The van der Waals surface area contributed by atoms with E-state index in [0.717, 1.165) is 30.7 Å². The molecule has 0 aromatic rings. The fourth-order valence-corrected chi connectivity index (χ4v) is 4.08. The smallest absolute Gasteiger partial charge is 0.0700 e. The van der Waals surface area contributed by atoms with Crippen molar-refractivity contribution in [1.29, 1.82) is 0 Å². The Morgan fingerprint density at radius 3 is 2.69 bits per heavy atom. The molecular formula is C13H23ClO2. The van der Waals surface area contributed by atoms with Crippen molar-refractivity contribution in [3.63, 3.8) is 0 Å². The molecule has 2 bridgehead atoms. The fraction of sp³-hybridized carbons (Fsp3) is 1.00. The van der Waals surface area contributed by atoms with Crippen molar-refractivity contribution in [2.45, 2.75) is 32.1 Å². The van der Waals surface area contributed by atoms with E-state index in [9.17, 15) is 0 Å². The molecule has 0 N–H and O–H groups in total. The second-order valence-corrected chi connectivity index (χ2v) is 5.70. The van der Waals surface area contributed by atoms with E-state index in [4.69, 9.17) is 21.1 Å². The van der Waals surface area contributed by atoms with Crippen molar-refractivity contribution < 1.29 is 9.47 Å². The lowest BCUT2D eigenvalue weighted by atomic mass is 9.72. The van der Waals surface area contributed by atoms with E-state index in [1.54, 1.807) is 7.11 Å². The Kier molecular flexibility index (Phi) is 4.51. The van der Waals surface area contributed by atoms with E-state index in [2.05, 4.69) is 0 Å². The molecule has 0 aromatic carbocycles. The third-order valence-electron chi connectivity index (χ3n) is 4.54. The van der Waals surface area contributed by atoms with E-state index in [0.29, 0.717) is 18.6 Å². The first-order chi connectivity index (χ1) is 7.80. The molecule has 2 aliphatic rings. The van der Waals surface area contributed by atoms with Gasteiger partial charge in [0.15, 0.2) is 0 Å². The molecule has 3 heteroatoms. The predicted octanol–water partition coefficient (Wildman–Crippen LogP) is 3.08. The van der Waals surface area contributed by atoms with Gasteiger partial charge in [-0.05, 0) is 42.9 Å². The van der Waals surface area contributed by atoms with E-state index >= 15 is 0 Å². The van der Waals surface area contributed by atoms with Crippen molar-refractivity contribution >= 4 is 11.6 Å².